The predicted molar refractivity (Wildman–Crippen MR) is 80.4 cm³/mol. The minimum Gasteiger partial charge on any atom is -0.269 e. The molecule has 2 rings (SSSR count). The highest BCUT2D eigenvalue weighted by Crippen LogP contribution is 2.30. The van der Waals surface area contributed by atoms with E-state index in [9.17, 15) is 10.1 Å². The zero-order chi connectivity index (χ0) is 14.5. The van der Waals surface area contributed by atoms with E-state index in [-0.39, 0.29) is 5.69 Å². The Hall–Kier alpha value is -1.92. The number of benzene rings is 2. The summed E-state index contributed by atoms with van der Waals surface area (Å²) in [7, 11) is 1.65. The number of hydroxylamine groups is 1. The molecule has 0 aromatic heterocycles. The molecule has 2 aromatic carbocycles. The van der Waals surface area contributed by atoms with Crippen LogP contribution in [0.15, 0.2) is 53.0 Å². The van der Waals surface area contributed by atoms with Gasteiger partial charge < -0.3 is 0 Å². The fourth-order valence-electron chi connectivity index (χ4n) is 1.72. The van der Waals surface area contributed by atoms with Crippen LogP contribution in [-0.4, -0.2) is 12.0 Å². The van der Waals surface area contributed by atoms with E-state index in [1.54, 1.807) is 19.2 Å². The molecular formula is C14H13BrN2O3. The number of hydrogen-bond acceptors (Lipinski definition) is 4. The van der Waals surface area contributed by atoms with Gasteiger partial charge in [0.05, 0.1) is 11.5 Å². The van der Waals surface area contributed by atoms with Crippen LogP contribution in [0.25, 0.3) is 0 Å². The summed E-state index contributed by atoms with van der Waals surface area (Å²) in [5, 5.41) is 12.5. The first-order chi connectivity index (χ1) is 9.58. The first-order valence-corrected chi connectivity index (χ1v) is 6.72. The molecule has 0 amide bonds. The van der Waals surface area contributed by atoms with Crippen molar-refractivity contribution in [1.29, 1.82) is 0 Å². The van der Waals surface area contributed by atoms with E-state index >= 15 is 0 Å². The van der Waals surface area contributed by atoms with Crippen molar-refractivity contribution in [2.75, 3.05) is 12.1 Å². The molecular weight excluding hydrogens is 324 g/mol. The van der Waals surface area contributed by atoms with Gasteiger partial charge >= 0.3 is 0 Å². The molecule has 0 saturated heterocycles. The van der Waals surface area contributed by atoms with Crippen LogP contribution in [0.4, 0.5) is 11.4 Å². The molecule has 0 aliphatic rings. The lowest BCUT2D eigenvalue weighted by molar-refractivity contribution is -0.384. The Morgan fingerprint density at radius 3 is 2.60 bits per heavy atom. The molecule has 0 unspecified atom stereocenters. The van der Waals surface area contributed by atoms with E-state index in [4.69, 9.17) is 4.84 Å². The van der Waals surface area contributed by atoms with Gasteiger partial charge in [-0.3, -0.25) is 15.0 Å². The van der Waals surface area contributed by atoms with Gasteiger partial charge in [0.15, 0.2) is 0 Å². The summed E-state index contributed by atoms with van der Waals surface area (Å²) < 4.78 is 0.657. The Labute approximate surface area is 125 Å². The van der Waals surface area contributed by atoms with Crippen molar-refractivity contribution in [2.24, 2.45) is 0 Å². The van der Waals surface area contributed by atoms with E-state index in [0.29, 0.717) is 16.8 Å². The van der Waals surface area contributed by atoms with Crippen molar-refractivity contribution in [3.8, 4) is 0 Å². The minimum atomic E-state index is -0.428. The van der Waals surface area contributed by atoms with Crippen LogP contribution >= 0.6 is 15.9 Å². The second-order valence-corrected chi connectivity index (χ2v) is 5.06. The first kappa shape index (κ1) is 14.5. The van der Waals surface area contributed by atoms with Crippen molar-refractivity contribution >= 4 is 27.3 Å². The molecule has 5 nitrogen and oxygen atoms in total. The van der Waals surface area contributed by atoms with Crippen LogP contribution in [-0.2, 0) is 11.4 Å². The fourth-order valence-corrected chi connectivity index (χ4v) is 2.07. The number of nitro groups is 1. The topological polar surface area (TPSA) is 55.6 Å². The number of nitro benzene ring substituents is 1. The molecule has 0 radical (unpaired) electrons. The van der Waals surface area contributed by atoms with Gasteiger partial charge in [-0.2, -0.15) is 0 Å². The summed E-state index contributed by atoms with van der Waals surface area (Å²) in [5.74, 6) is 0. The van der Waals surface area contributed by atoms with E-state index in [1.165, 1.54) is 11.1 Å². The summed E-state index contributed by atoms with van der Waals surface area (Å²) in [6.45, 7) is 0.352. The number of hydrogen-bond donors (Lipinski definition) is 0. The van der Waals surface area contributed by atoms with Crippen LogP contribution in [0.2, 0.25) is 0 Å². The summed E-state index contributed by atoms with van der Waals surface area (Å²) in [6.07, 6.45) is 0. The van der Waals surface area contributed by atoms with E-state index in [0.717, 1.165) is 5.56 Å². The summed E-state index contributed by atoms with van der Waals surface area (Å²) in [4.78, 5) is 16.2. The van der Waals surface area contributed by atoms with Gasteiger partial charge in [-0.25, -0.2) is 5.06 Å². The number of anilines is 1. The zero-order valence-electron chi connectivity index (χ0n) is 10.8. The zero-order valence-corrected chi connectivity index (χ0v) is 12.4. The van der Waals surface area contributed by atoms with Gasteiger partial charge in [0.1, 0.15) is 5.69 Å². The Morgan fingerprint density at radius 1 is 1.25 bits per heavy atom. The summed E-state index contributed by atoms with van der Waals surface area (Å²) in [6, 6.07) is 14.5. The molecule has 0 spiro atoms. The highest BCUT2D eigenvalue weighted by atomic mass is 79.9. The van der Waals surface area contributed by atoms with Gasteiger partial charge in [0.25, 0.3) is 5.69 Å². The summed E-state index contributed by atoms with van der Waals surface area (Å²) in [5.41, 5.74) is 1.41. The molecule has 0 heterocycles. The van der Waals surface area contributed by atoms with Crippen LogP contribution in [0.5, 0.6) is 0 Å². The molecule has 0 N–H and O–H groups in total. The molecule has 2 aromatic rings. The molecule has 0 saturated carbocycles. The van der Waals surface area contributed by atoms with Crippen LogP contribution in [0.3, 0.4) is 0 Å². The molecule has 6 heteroatoms. The van der Waals surface area contributed by atoms with Crippen LogP contribution in [0, 0.1) is 10.1 Å². The van der Waals surface area contributed by atoms with E-state index in [1.807, 2.05) is 30.3 Å². The third-order valence-electron chi connectivity index (χ3n) is 2.74. The maximum atomic E-state index is 11.1. The third kappa shape index (κ3) is 3.55. The van der Waals surface area contributed by atoms with Crippen molar-refractivity contribution in [1.82, 2.24) is 0 Å². The van der Waals surface area contributed by atoms with Gasteiger partial charge in [-0.15, -0.1) is 0 Å². The fraction of sp³-hybridized carbons (Fsp3) is 0.143. The van der Waals surface area contributed by atoms with Gasteiger partial charge in [0.2, 0.25) is 0 Å². The highest BCUT2D eigenvalue weighted by Gasteiger charge is 2.18. The minimum absolute atomic E-state index is 0.00469. The van der Waals surface area contributed by atoms with E-state index < -0.39 is 4.92 Å². The standard InChI is InChI=1S/C14H13BrN2O3/c1-16(20-10-11-5-3-2-4-6-11)13-8-7-12(15)9-14(13)17(18)19/h2-9H,10H2,1H3. The van der Waals surface area contributed by atoms with E-state index in [2.05, 4.69) is 15.9 Å². The maximum absolute atomic E-state index is 11.1. The smallest absolute Gasteiger partial charge is 0.269 e. The monoisotopic (exact) mass is 336 g/mol. The lowest BCUT2D eigenvalue weighted by Crippen LogP contribution is -2.18. The lowest BCUT2D eigenvalue weighted by Gasteiger charge is -2.18. The number of nitrogens with zero attached hydrogens (tertiary/aromatic N) is 2. The van der Waals surface area contributed by atoms with Gasteiger partial charge in [-0.05, 0) is 17.7 Å². The average molecular weight is 337 g/mol. The Balaban J connectivity index is 2.13. The molecule has 104 valence electrons. The highest BCUT2D eigenvalue weighted by molar-refractivity contribution is 9.10. The van der Waals surface area contributed by atoms with Gasteiger partial charge in [0, 0.05) is 17.6 Å². The van der Waals surface area contributed by atoms with Crippen molar-refractivity contribution in [3.05, 3.63) is 68.7 Å². The second kappa shape index (κ2) is 6.49. The van der Waals surface area contributed by atoms with Crippen molar-refractivity contribution in [3.63, 3.8) is 0 Å². The normalized spacial score (nSPS) is 10.3. The Bertz CT molecular complexity index is 605. The summed E-state index contributed by atoms with van der Waals surface area (Å²) >= 11 is 3.23. The molecule has 20 heavy (non-hydrogen) atoms. The van der Waals surface area contributed by atoms with Crippen LogP contribution < -0.4 is 5.06 Å². The lowest BCUT2D eigenvalue weighted by atomic mass is 10.2. The van der Waals surface area contributed by atoms with Crippen LogP contribution in [0.1, 0.15) is 5.56 Å². The maximum Gasteiger partial charge on any atom is 0.295 e. The quantitative estimate of drug-likeness (QED) is 0.613. The average Bonchev–Trinajstić information content (AvgIpc) is 2.45. The number of halogens is 1. The molecule has 0 fully saturated rings. The molecule has 0 bridgehead atoms. The Morgan fingerprint density at radius 2 is 1.95 bits per heavy atom. The molecule has 0 atom stereocenters. The largest absolute Gasteiger partial charge is 0.295 e. The Kier molecular flexibility index (Phi) is 4.70. The third-order valence-corrected chi connectivity index (χ3v) is 3.23. The van der Waals surface area contributed by atoms with Gasteiger partial charge in [-0.1, -0.05) is 46.3 Å². The molecule has 0 aliphatic heterocycles. The van der Waals surface area contributed by atoms with Crippen molar-refractivity contribution in [2.45, 2.75) is 6.61 Å². The second-order valence-electron chi connectivity index (χ2n) is 4.15. The SMILES string of the molecule is CN(OCc1ccccc1)c1ccc(Br)cc1[N+](=O)[O-]. The first-order valence-electron chi connectivity index (χ1n) is 5.92. The predicted octanol–water partition coefficient (Wildman–Crippen LogP) is 3.93. The number of rotatable bonds is 5. The molecule has 0 aliphatic carbocycles. The van der Waals surface area contributed by atoms with Crippen molar-refractivity contribution < 1.29 is 9.76 Å².